The highest BCUT2D eigenvalue weighted by molar-refractivity contribution is 6.10. The van der Waals surface area contributed by atoms with E-state index in [0.29, 0.717) is 17.7 Å². The van der Waals surface area contributed by atoms with Crippen molar-refractivity contribution in [2.24, 2.45) is 0 Å². The van der Waals surface area contributed by atoms with Crippen LogP contribution in [0.3, 0.4) is 0 Å². The van der Waals surface area contributed by atoms with Gasteiger partial charge in [0.15, 0.2) is 5.82 Å². The van der Waals surface area contributed by atoms with Gasteiger partial charge in [0.25, 0.3) is 0 Å². The van der Waals surface area contributed by atoms with Crippen molar-refractivity contribution in [1.29, 1.82) is 0 Å². The largest absolute Gasteiger partial charge is 0.278 e. The number of benzene rings is 8. The van der Waals surface area contributed by atoms with E-state index < -0.39 is 0 Å². The van der Waals surface area contributed by atoms with Gasteiger partial charge in [0.1, 0.15) is 0 Å². The molecular formula is C51H33N5. The maximum Gasteiger partial charge on any atom is 0.240 e. The first-order chi connectivity index (χ1) is 27.8. The first-order valence-corrected chi connectivity index (χ1v) is 18.9. The highest BCUT2D eigenvalue weighted by atomic mass is 15.3. The minimum absolute atomic E-state index is 0.549. The molecule has 0 fully saturated rings. The Bertz CT molecular complexity index is 3000. The predicted molar refractivity (Wildman–Crippen MR) is 230 cm³/mol. The summed E-state index contributed by atoms with van der Waals surface area (Å²) in [7, 11) is 0. The summed E-state index contributed by atoms with van der Waals surface area (Å²) >= 11 is 0. The molecule has 56 heavy (non-hydrogen) atoms. The first kappa shape index (κ1) is 31.9. The fraction of sp³-hybridized carbons (Fsp3) is 0. The van der Waals surface area contributed by atoms with Crippen molar-refractivity contribution in [3.05, 3.63) is 200 Å². The van der Waals surface area contributed by atoms with E-state index in [2.05, 4.69) is 209 Å². The minimum atomic E-state index is 0.549. The van der Waals surface area contributed by atoms with Crippen LogP contribution in [0.4, 0.5) is 0 Å². The zero-order valence-electron chi connectivity index (χ0n) is 30.3. The van der Waals surface area contributed by atoms with Crippen LogP contribution in [0.5, 0.6) is 0 Å². The molecule has 8 aromatic carbocycles. The van der Waals surface area contributed by atoms with E-state index in [1.54, 1.807) is 0 Å². The fourth-order valence-electron chi connectivity index (χ4n) is 8.40. The third-order valence-corrected chi connectivity index (χ3v) is 10.8. The molecule has 11 aromatic rings. The van der Waals surface area contributed by atoms with Gasteiger partial charge in [-0.05, 0) is 52.1 Å². The van der Waals surface area contributed by atoms with Gasteiger partial charge in [0.05, 0.1) is 22.1 Å². The number of rotatable bonds is 6. The summed E-state index contributed by atoms with van der Waals surface area (Å²) in [5, 5.41) is 4.57. The molecule has 0 N–H and O–H groups in total. The van der Waals surface area contributed by atoms with Gasteiger partial charge in [-0.1, -0.05) is 176 Å². The fourth-order valence-corrected chi connectivity index (χ4v) is 8.40. The third-order valence-electron chi connectivity index (χ3n) is 10.8. The average Bonchev–Trinajstić information content (AvgIpc) is 3.80. The molecule has 3 aromatic heterocycles. The summed E-state index contributed by atoms with van der Waals surface area (Å²) in [6, 6.07) is 70.3. The van der Waals surface area contributed by atoms with E-state index in [4.69, 9.17) is 15.0 Å². The van der Waals surface area contributed by atoms with Crippen LogP contribution in [-0.4, -0.2) is 24.1 Å². The lowest BCUT2D eigenvalue weighted by molar-refractivity contribution is 0.893. The maximum absolute atomic E-state index is 5.55. The zero-order valence-corrected chi connectivity index (χ0v) is 30.3. The van der Waals surface area contributed by atoms with Crippen molar-refractivity contribution in [2.75, 3.05) is 0 Å². The topological polar surface area (TPSA) is 48.5 Å². The van der Waals surface area contributed by atoms with Crippen molar-refractivity contribution in [3.8, 4) is 56.7 Å². The van der Waals surface area contributed by atoms with E-state index in [-0.39, 0.29) is 0 Å². The Kier molecular flexibility index (Phi) is 7.42. The molecule has 5 heteroatoms. The Morgan fingerprint density at radius 1 is 0.268 bits per heavy atom. The Morgan fingerprint density at radius 3 is 0.982 bits per heavy atom. The smallest absolute Gasteiger partial charge is 0.240 e. The average molecular weight is 716 g/mol. The summed E-state index contributed by atoms with van der Waals surface area (Å²) in [6.45, 7) is 0. The normalized spacial score (nSPS) is 11.6. The van der Waals surface area contributed by atoms with Crippen LogP contribution in [0.2, 0.25) is 0 Å². The molecule has 11 rings (SSSR count). The highest BCUT2D eigenvalue weighted by Crippen LogP contribution is 2.45. The van der Waals surface area contributed by atoms with Crippen molar-refractivity contribution < 1.29 is 0 Å². The van der Waals surface area contributed by atoms with Gasteiger partial charge < -0.3 is 0 Å². The van der Waals surface area contributed by atoms with Gasteiger partial charge in [-0.2, -0.15) is 15.0 Å². The summed E-state index contributed by atoms with van der Waals surface area (Å²) < 4.78 is 4.39. The van der Waals surface area contributed by atoms with Crippen LogP contribution in [0.25, 0.3) is 100 Å². The number of hydrogen-bond donors (Lipinski definition) is 0. The monoisotopic (exact) mass is 715 g/mol. The zero-order chi connectivity index (χ0) is 37.0. The Morgan fingerprint density at radius 2 is 0.589 bits per heavy atom. The van der Waals surface area contributed by atoms with Gasteiger partial charge in [0, 0.05) is 32.7 Å². The van der Waals surface area contributed by atoms with Crippen LogP contribution in [0.1, 0.15) is 0 Å². The van der Waals surface area contributed by atoms with Crippen LogP contribution in [0.15, 0.2) is 200 Å². The molecule has 0 unspecified atom stereocenters. The molecule has 0 radical (unpaired) electrons. The van der Waals surface area contributed by atoms with Crippen molar-refractivity contribution in [3.63, 3.8) is 0 Å². The molecular weight excluding hydrogens is 683 g/mol. The summed E-state index contributed by atoms with van der Waals surface area (Å²) in [4.78, 5) is 16.5. The van der Waals surface area contributed by atoms with Crippen molar-refractivity contribution in [2.45, 2.75) is 0 Å². The number of nitrogens with zero attached hydrogens (tertiary/aromatic N) is 5. The van der Waals surface area contributed by atoms with Crippen LogP contribution >= 0.6 is 0 Å². The van der Waals surface area contributed by atoms with Crippen LogP contribution in [-0.2, 0) is 0 Å². The summed E-state index contributed by atoms with van der Waals surface area (Å²) in [6.07, 6.45) is 0. The van der Waals surface area contributed by atoms with Crippen molar-refractivity contribution >= 4 is 43.6 Å². The van der Waals surface area contributed by atoms with Gasteiger partial charge in [-0.25, -0.2) is 0 Å². The molecule has 0 saturated heterocycles. The van der Waals surface area contributed by atoms with Gasteiger partial charge in [-0.15, -0.1) is 0 Å². The van der Waals surface area contributed by atoms with Gasteiger partial charge >= 0.3 is 0 Å². The third kappa shape index (κ3) is 5.06. The van der Waals surface area contributed by atoms with Crippen LogP contribution < -0.4 is 0 Å². The molecule has 262 valence electrons. The van der Waals surface area contributed by atoms with E-state index >= 15 is 0 Å². The van der Waals surface area contributed by atoms with Gasteiger partial charge in [-0.3, -0.25) is 9.13 Å². The second kappa shape index (κ2) is 13.0. The molecule has 5 nitrogen and oxygen atoms in total. The first-order valence-electron chi connectivity index (χ1n) is 18.9. The van der Waals surface area contributed by atoms with Crippen molar-refractivity contribution in [1.82, 2.24) is 24.1 Å². The van der Waals surface area contributed by atoms with Gasteiger partial charge in [0.2, 0.25) is 11.9 Å². The second-order valence-electron chi connectivity index (χ2n) is 14.0. The molecule has 0 atom stereocenters. The molecule has 0 aliphatic carbocycles. The molecule has 0 aliphatic rings. The van der Waals surface area contributed by atoms with E-state index in [0.717, 1.165) is 82.6 Å². The number of aromatic nitrogens is 5. The lowest BCUT2D eigenvalue weighted by Crippen LogP contribution is -2.11. The SMILES string of the molecule is c1ccc(-c2ccc(-c3ccccc3)c(-c3nc(-n4c5ccccc5c5ccccc54)nc(-n4c5ccccc5c5ccccc54)n3)c2-c2ccccc2)cc1. The Balaban J connectivity index is 1.33. The predicted octanol–water partition coefficient (Wildman–Crippen LogP) is 12.7. The highest BCUT2D eigenvalue weighted by Gasteiger charge is 2.25. The maximum atomic E-state index is 5.55. The quantitative estimate of drug-likeness (QED) is 0.172. The molecule has 0 aliphatic heterocycles. The van der Waals surface area contributed by atoms with E-state index in [1.807, 2.05) is 0 Å². The summed E-state index contributed by atoms with van der Waals surface area (Å²) in [5.41, 5.74) is 11.5. The van der Waals surface area contributed by atoms with E-state index in [1.165, 1.54) is 0 Å². The molecule has 0 spiro atoms. The Labute approximate surface area is 323 Å². The Hall–Kier alpha value is -7.63. The second-order valence-corrected chi connectivity index (χ2v) is 14.0. The summed E-state index contributed by atoms with van der Waals surface area (Å²) in [5.74, 6) is 1.68. The standard InChI is InChI=1S/C51H33N5/c1-4-18-34(19-5-1)37-32-33-38(35-20-6-2-7-21-35)48(47(37)36-22-8-3-9-23-36)49-52-50(55-43-28-14-10-24-39(43)40-25-11-15-29-44(40)55)54-51(53-49)56-45-30-16-12-26-41(45)42-27-13-17-31-46(42)56/h1-33H. The lowest BCUT2D eigenvalue weighted by Gasteiger charge is -2.20. The van der Waals surface area contributed by atoms with E-state index in [9.17, 15) is 0 Å². The van der Waals surface area contributed by atoms with Crippen LogP contribution in [0, 0.1) is 0 Å². The molecule has 0 bridgehead atoms. The molecule has 3 heterocycles. The number of fused-ring (bicyclic) bond motifs is 6. The molecule has 0 amide bonds. The number of para-hydroxylation sites is 4. The minimum Gasteiger partial charge on any atom is -0.278 e. The lowest BCUT2D eigenvalue weighted by atomic mass is 9.85. The number of hydrogen-bond acceptors (Lipinski definition) is 3. The molecule has 0 saturated carbocycles.